The highest BCUT2D eigenvalue weighted by Crippen LogP contribution is 2.28. The molecule has 1 unspecified atom stereocenters. The van der Waals surface area contributed by atoms with Crippen molar-refractivity contribution in [2.24, 2.45) is 10.7 Å². The highest BCUT2D eigenvalue weighted by atomic mass is 16.4. The van der Waals surface area contributed by atoms with Crippen LogP contribution in [-0.2, 0) is 11.2 Å². The monoisotopic (exact) mass is 288 g/mol. The molecule has 0 aliphatic carbocycles. The minimum Gasteiger partial charge on any atom is -0.480 e. The van der Waals surface area contributed by atoms with Gasteiger partial charge >= 0.3 is 5.97 Å². The van der Waals surface area contributed by atoms with E-state index in [9.17, 15) is 4.79 Å². The summed E-state index contributed by atoms with van der Waals surface area (Å²) in [5.41, 5.74) is 9.22. The first-order chi connectivity index (χ1) is 9.89. The van der Waals surface area contributed by atoms with Crippen LogP contribution in [0, 0.1) is 0 Å². The molecule has 0 aromatic heterocycles. The third-order valence-corrected chi connectivity index (χ3v) is 3.88. The van der Waals surface area contributed by atoms with Gasteiger partial charge in [-0.1, -0.05) is 30.7 Å². The molecule has 4 heteroatoms. The van der Waals surface area contributed by atoms with Gasteiger partial charge in [-0.05, 0) is 50.7 Å². The maximum atomic E-state index is 10.7. The maximum absolute atomic E-state index is 10.7. The molecule has 0 saturated heterocycles. The van der Waals surface area contributed by atoms with Crippen LogP contribution in [0.2, 0.25) is 0 Å². The number of carboxylic acids is 1. The van der Waals surface area contributed by atoms with Gasteiger partial charge in [0, 0.05) is 5.71 Å². The first kappa shape index (κ1) is 15.7. The average Bonchev–Trinajstić information content (AvgIpc) is 2.41. The van der Waals surface area contributed by atoms with Crippen LogP contribution in [0.25, 0.3) is 0 Å². The normalized spacial score (nSPS) is 17.8. The van der Waals surface area contributed by atoms with Crippen molar-refractivity contribution in [1.82, 2.24) is 0 Å². The Morgan fingerprint density at radius 1 is 1.38 bits per heavy atom. The van der Waals surface area contributed by atoms with Crippen molar-refractivity contribution in [3.63, 3.8) is 0 Å². The van der Waals surface area contributed by atoms with E-state index < -0.39 is 12.0 Å². The van der Waals surface area contributed by atoms with E-state index in [-0.39, 0.29) is 5.54 Å². The Hall–Kier alpha value is -1.68. The van der Waals surface area contributed by atoms with Gasteiger partial charge in [0.05, 0.1) is 5.54 Å². The minimum atomic E-state index is -0.920. The summed E-state index contributed by atoms with van der Waals surface area (Å²) in [6.07, 6.45) is 4.11. The van der Waals surface area contributed by atoms with Gasteiger partial charge in [-0.2, -0.15) is 0 Å². The summed E-state index contributed by atoms with van der Waals surface area (Å²) >= 11 is 0. The number of benzene rings is 1. The molecule has 0 amide bonds. The molecule has 1 atom stereocenters. The summed E-state index contributed by atoms with van der Waals surface area (Å²) in [6.45, 7) is 4.31. The minimum absolute atomic E-state index is 0.0544. The lowest BCUT2D eigenvalue weighted by molar-refractivity contribution is -0.138. The largest absolute Gasteiger partial charge is 0.480 e. The molecular weight excluding hydrogens is 264 g/mol. The molecule has 3 N–H and O–H groups in total. The van der Waals surface area contributed by atoms with Crippen LogP contribution >= 0.6 is 0 Å². The lowest BCUT2D eigenvalue weighted by Gasteiger charge is -2.29. The Balaban J connectivity index is 1.98. The number of unbranched alkanes of at least 4 members (excludes halogenated alkanes) is 1. The second-order valence-electron chi connectivity index (χ2n) is 6.40. The quantitative estimate of drug-likeness (QED) is 0.790. The molecule has 0 radical (unpaired) electrons. The van der Waals surface area contributed by atoms with Gasteiger partial charge in [0.15, 0.2) is 0 Å². The van der Waals surface area contributed by atoms with Crippen LogP contribution in [0.5, 0.6) is 0 Å². The van der Waals surface area contributed by atoms with E-state index in [0.29, 0.717) is 6.42 Å². The molecule has 0 spiro atoms. The van der Waals surface area contributed by atoms with Crippen LogP contribution in [0.3, 0.4) is 0 Å². The number of nitrogens with two attached hydrogens (primary N) is 1. The van der Waals surface area contributed by atoms with Gasteiger partial charge in [-0.15, -0.1) is 0 Å². The van der Waals surface area contributed by atoms with Crippen molar-refractivity contribution in [3.8, 4) is 0 Å². The van der Waals surface area contributed by atoms with E-state index >= 15 is 0 Å². The Morgan fingerprint density at radius 3 is 2.81 bits per heavy atom. The summed E-state index contributed by atoms with van der Waals surface area (Å²) in [5.74, 6) is -0.920. The molecule has 1 aliphatic rings. The molecule has 1 heterocycles. The summed E-state index contributed by atoms with van der Waals surface area (Å²) < 4.78 is 0. The highest BCUT2D eigenvalue weighted by molar-refractivity contribution is 6.02. The molecule has 2 rings (SSSR count). The number of hydrogen-bond donors (Lipinski definition) is 2. The SMILES string of the molecule is CC1(C)Cc2ccccc2C(CCCCC(N)C(=O)O)=N1. The fourth-order valence-corrected chi connectivity index (χ4v) is 2.86. The number of aliphatic carboxylic acids is 1. The number of aliphatic imine (C=N–C) groups is 1. The van der Waals surface area contributed by atoms with Gasteiger partial charge in [0.2, 0.25) is 0 Å². The van der Waals surface area contributed by atoms with Crippen molar-refractivity contribution in [2.75, 3.05) is 0 Å². The molecule has 21 heavy (non-hydrogen) atoms. The Bertz CT molecular complexity index is 549. The molecule has 1 aromatic rings. The smallest absolute Gasteiger partial charge is 0.320 e. The lowest BCUT2D eigenvalue weighted by Crippen LogP contribution is -2.30. The molecule has 1 aliphatic heterocycles. The molecule has 114 valence electrons. The number of rotatable bonds is 6. The number of carbonyl (C=O) groups is 1. The van der Waals surface area contributed by atoms with Gasteiger partial charge in [0.25, 0.3) is 0 Å². The fraction of sp³-hybridized carbons (Fsp3) is 0.529. The van der Waals surface area contributed by atoms with Crippen LogP contribution in [0.1, 0.15) is 50.7 Å². The van der Waals surface area contributed by atoms with E-state index in [1.54, 1.807) is 0 Å². The summed E-state index contributed by atoms with van der Waals surface area (Å²) in [6, 6.07) is 7.68. The van der Waals surface area contributed by atoms with Crippen LogP contribution in [-0.4, -0.2) is 28.4 Å². The van der Waals surface area contributed by atoms with E-state index in [0.717, 1.165) is 31.4 Å². The maximum Gasteiger partial charge on any atom is 0.320 e. The third kappa shape index (κ3) is 4.14. The van der Waals surface area contributed by atoms with E-state index in [1.165, 1.54) is 11.1 Å². The van der Waals surface area contributed by atoms with Crippen LogP contribution < -0.4 is 5.73 Å². The van der Waals surface area contributed by atoms with Gasteiger partial charge in [0.1, 0.15) is 6.04 Å². The second-order valence-corrected chi connectivity index (χ2v) is 6.40. The zero-order valence-corrected chi connectivity index (χ0v) is 12.8. The number of hydrogen-bond acceptors (Lipinski definition) is 3. The van der Waals surface area contributed by atoms with Gasteiger partial charge in [-0.25, -0.2) is 0 Å². The van der Waals surface area contributed by atoms with Crippen molar-refractivity contribution >= 4 is 11.7 Å². The fourth-order valence-electron chi connectivity index (χ4n) is 2.86. The van der Waals surface area contributed by atoms with Crippen LogP contribution in [0.15, 0.2) is 29.3 Å². The first-order valence-electron chi connectivity index (χ1n) is 7.54. The third-order valence-electron chi connectivity index (χ3n) is 3.88. The molecule has 0 bridgehead atoms. The van der Waals surface area contributed by atoms with E-state index in [2.05, 4.69) is 32.0 Å². The summed E-state index contributed by atoms with van der Waals surface area (Å²) in [5, 5.41) is 8.78. The molecular formula is C17H24N2O2. The van der Waals surface area contributed by atoms with E-state index in [1.807, 2.05) is 6.07 Å². The zero-order valence-electron chi connectivity index (χ0n) is 12.8. The predicted molar refractivity (Wildman–Crippen MR) is 84.8 cm³/mol. The Morgan fingerprint density at radius 2 is 2.10 bits per heavy atom. The number of nitrogens with zero attached hydrogens (tertiary/aromatic N) is 1. The van der Waals surface area contributed by atoms with Crippen molar-refractivity contribution < 1.29 is 9.90 Å². The van der Waals surface area contributed by atoms with E-state index in [4.69, 9.17) is 15.8 Å². The summed E-state index contributed by atoms with van der Waals surface area (Å²) in [4.78, 5) is 15.6. The second kappa shape index (κ2) is 6.39. The molecule has 0 fully saturated rings. The van der Waals surface area contributed by atoms with Crippen molar-refractivity contribution in [3.05, 3.63) is 35.4 Å². The number of carboxylic acid groups (broad SMARTS) is 1. The topological polar surface area (TPSA) is 75.7 Å². The number of fused-ring (bicyclic) bond motifs is 1. The zero-order chi connectivity index (χ0) is 15.5. The van der Waals surface area contributed by atoms with Crippen molar-refractivity contribution in [2.45, 2.75) is 57.5 Å². The highest BCUT2D eigenvalue weighted by Gasteiger charge is 2.25. The standard InChI is InChI=1S/C17H24N2O2/c1-17(2)11-12-7-3-4-8-13(12)15(19-17)10-6-5-9-14(18)16(20)21/h3-4,7-8,14H,5-6,9-11,18H2,1-2H3,(H,20,21). The average molecular weight is 288 g/mol. The molecule has 0 saturated carbocycles. The predicted octanol–water partition coefficient (Wildman–Crippen LogP) is 2.78. The Kier molecular flexibility index (Phi) is 4.78. The van der Waals surface area contributed by atoms with Gasteiger partial charge < -0.3 is 10.8 Å². The lowest BCUT2D eigenvalue weighted by atomic mass is 9.85. The summed E-state index contributed by atoms with van der Waals surface area (Å²) in [7, 11) is 0. The van der Waals surface area contributed by atoms with Gasteiger partial charge in [-0.3, -0.25) is 9.79 Å². The first-order valence-corrected chi connectivity index (χ1v) is 7.54. The van der Waals surface area contributed by atoms with Crippen LogP contribution in [0.4, 0.5) is 0 Å². The molecule has 1 aromatic carbocycles. The molecule has 4 nitrogen and oxygen atoms in total. The van der Waals surface area contributed by atoms with Crippen molar-refractivity contribution in [1.29, 1.82) is 0 Å². The Labute approximate surface area is 126 Å².